The molecule has 0 atom stereocenters. The topological polar surface area (TPSA) is 113 Å². The van der Waals surface area contributed by atoms with Crippen LogP contribution in [0.25, 0.3) is 21.9 Å². The Balaban J connectivity index is 1.26. The molecular formula is C40H44FN5O5S. The predicted molar refractivity (Wildman–Crippen MR) is 205 cm³/mol. The van der Waals surface area contributed by atoms with Crippen LogP contribution in [0.15, 0.2) is 91.1 Å². The molecule has 0 unspecified atom stereocenters. The molecule has 1 aliphatic rings. The quantitative estimate of drug-likeness (QED) is 0.151. The second kappa shape index (κ2) is 15.3. The lowest BCUT2D eigenvalue weighted by atomic mass is 9.86. The van der Waals surface area contributed by atoms with Gasteiger partial charge in [-0.25, -0.2) is 17.6 Å². The molecule has 0 radical (unpaired) electrons. The summed E-state index contributed by atoms with van der Waals surface area (Å²) in [5, 5.41) is 7.70. The summed E-state index contributed by atoms with van der Waals surface area (Å²) >= 11 is 0. The summed E-state index contributed by atoms with van der Waals surface area (Å²) in [4.78, 5) is 20.8. The minimum atomic E-state index is -3.94. The van der Waals surface area contributed by atoms with Gasteiger partial charge in [-0.15, -0.1) is 0 Å². The maximum Gasteiger partial charge on any atom is 0.323 e. The summed E-state index contributed by atoms with van der Waals surface area (Å²) in [5.74, 6) is -0.624. The van der Waals surface area contributed by atoms with Gasteiger partial charge in [0.1, 0.15) is 5.82 Å². The first-order valence-corrected chi connectivity index (χ1v) is 18.7. The van der Waals surface area contributed by atoms with Gasteiger partial charge in [0.25, 0.3) is 0 Å². The van der Waals surface area contributed by atoms with E-state index in [-0.39, 0.29) is 17.2 Å². The highest BCUT2D eigenvalue weighted by Crippen LogP contribution is 2.42. The van der Waals surface area contributed by atoms with Gasteiger partial charge in [-0.2, -0.15) is 0 Å². The summed E-state index contributed by atoms with van der Waals surface area (Å²) in [5.41, 5.74) is 4.91. The number of nitrogens with one attached hydrogen (secondary N) is 2. The number of hydrogen-bond donors (Lipinski definition) is 2. The molecule has 1 aliphatic heterocycles. The first-order valence-electron chi connectivity index (χ1n) is 17.1. The van der Waals surface area contributed by atoms with Crippen LogP contribution in [0.4, 0.5) is 26.2 Å². The summed E-state index contributed by atoms with van der Waals surface area (Å²) in [6, 6.07) is 24.2. The van der Waals surface area contributed by atoms with Crippen LogP contribution in [0.2, 0.25) is 0 Å². The van der Waals surface area contributed by atoms with Crippen LogP contribution in [0.5, 0.6) is 5.75 Å². The lowest BCUT2D eigenvalue weighted by Crippen LogP contribution is -2.35. The molecule has 272 valence electrons. The number of carbonyl (C=O) groups is 1. The molecular weight excluding hydrogens is 682 g/mol. The lowest BCUT2D eigenvalue weighted by Gasteiger charge is -2.28. The zero-order chi connectivity index (χ0) is 37.0. The van der Waals surface area contributed by atoms with E-state index in [0.29, 0.717) is 16.9 Å². The van der Waals surface area contributed by atoms with Crippen molar-refractivity contribution in [3.05, 3.63) is 114 Å². The van der Waals surface area contributed by atoms with Crippen molar-refractivity contribution in [2.45, 2.75) is 38.5 Å². The SMILES string of the molecule is COc1c(NC(=O)Nc2ccc(-c3ccc(CN4CCOCC4)nc3)c3ccccc23)cc(C(C)(C)C)cc1N(C)S(=O)(=O)Cc1ccc(F)cc1. The monoisotopic (exact) mass is 725 g/mol. The first-order chi connectivity index (χ1) is 24.8. The Morgan fingerprint density at radius 1 is 0.942 bits per heavy atom. The number of halogens is 1. The zero-order valence-electron chi connectivity index (χ0n) is 30.1. The van der Waals surface area contributed by atoms with Crippen LogP contribution in [0.1, 0.15) is 37.6 Å². The Bertz CT molecular complexity index is 2160. The van der Waals surface area contributed by atoms with Crippen molar-refractivity contribution >= 4 is 43.9 Å². The standard InChI is InChI=1S/C40H44FN5O5S/c1-40(2,3)29-22-36(38(50-5)37(23-29)45(4)52(48,49)26-27-10-13-30(41)14-11-27)44-39(47)43-35-17-16-32(33-8-6-7-9-34(33)35)28-12-15-31(42-24-28)25-46-18-20-51-21-19-46/h6-17,22-24H,18-21,25-26H2,1-5H3,(H2,43,44,47). The van der Waals surface area contributed by atoms with Gasteiger partial charge in [-0.3, -0.25) is 14.2 Å². The summed E-state index contributed by atoms with van der Waals surface area (Å²) < 4.78 is 53.1. The lowest BCUT2D eigenvalue weighted by molar-refractivity contribution is 0.0336. The first kappa shape index (κ1) is 36.7. The maximum atomic E-state index is 13.7. The molecule has 0 spiro atoms. The molecule has 6 rings (SSSR count). The molecule has 1 saturated heterocycles. The molecule has 10 nitrogen and oxygen atoms in total. The fourth-order valence-corrected chi connectivity index (χ4v) is 7.47. The normalized spacial score (nSPS) is 13.9. The Labute approximate surface area is 304 Å². The molecule has 2 N–H and O–H groups in total. The van der Waals surface area contributed by atoms with Crippen LogP contribution < -0.4 is 19.7 Å². The van der Waals surface area contributed by atoms with E-state index in [1.54, 1.807) is 12.1 Å². The van der Waals surface area contributed by atoms with Gasteiger partial charge in [-0.1, -0.05) is 69.3 Å². The Morgan fingerprint density at radius 3 is 2.29 bits per heavy atom. The largest absolute Gasteiger partial charge is 0.492 e. The van der Waals surface area contributed by atoms with Crippen LogP contribution in [0, 0.1) is 5.82 Å². The van der Waals surface area contributed by atoms with E-state index in [0.717, 1.165) is 70.3 Å². The number of amides is 2. The predicted octanol–water partition coefficient (Wildman–Crippen LogP) is 7.79. The second-order valence-electron chi connectivity index (χ2n) is 13.9. The molecule has 5 aromatic rings. The Hall–Kier alpha value is -5.04. The van der Waals surface area contributed by atoms with E-state index in [9.17, 15) is 17.6 Å². The maximum absolute atomic E-state index is 13.7. The number of nitrogens with zero attached hydrogens (tertiary/aromatic N) is 3. The Kier molecular flexibility index (Phi) is 10.8. The van der Waals surface area contributed by atoms with Crippen molar-refractivity contribution in [2.75, 3.05) is 55.4 Å². The molecule has 0 bridgehead atoms. The van der Waals surface area contributed by atoms with Gasteiger partial charge in [0, 0.05) is 43.8 Å². The van der Waals surface area contributed by atoms with Crippen molar-refractivity contribution in [1.29, 1.82) is 0 Å². The number of rotatable bonds is 10. The third kappa shape index (κ3) is 8.36. The highest BCUT2D eigenvalue weighted by Gasteiger charge is 2.28. The number of methoxy groups -OCH3 is 1. The van der Waals surface area contributed by atoms with Gasteiger partial charge in [-0.05, 0) is 63.9 Å². The van der Waals surface area contributed by atoms with E-state index in [1.165, 1.54) is 38.4 Å². The molecule has 2 amide bonds. The third-order valence-electron chi connectivity index (χ3n) is 9.20. The van der Waals surface area contributed by atoms with Crippen LogP contribution in [0.3, 0.4) is 0 Å². The van der Waals surface area contributed by atoms with Gasteiger partial charge in [0.05, 0.1) is 48.8 Å². The van der Waals surface area contributed by atoms with E-state index in [4.69, 9.17) is 14.5 Å². The van der Waals surface area contributed by atoms with Crippen LogP contribution in [-0.2, 0) is 32.5 Å². The number of morpholine rings is 1. The summed E-state index contributed by atoms with van der Waals surface area (Å²) in [6.45, 7) is 10.0. The molecule has 52 heavy (non-hydrogen) atoms. The van der Waals surface area contributed by atoms with Crippen LogP contribution in [-0.4, -0.2) is 64.8 Å². The minimum Gasteiger partial charge on any atom is -0.492 e. The zero-order valence-corrected chi connectivity index (χ0v) is 30.9. The number of urea groups is 1. The Morgan fingerprint density at radius 2 is 1.63 bits per heavy atom. The third-order valence-corrected chi connectivity index (χ3v) is 10.9. The molecule has 4 aromatic carbocycles. The molecule has 1 fully saturated rings. The number of anilines is 3. The number of fused-ring (bicyclic) bond motifs is 1. The number of ether oxygens (including phenoxy) is 2. The summed E-state index contributed by atoms with van der Waals surface area (Å²) in [7, 11) is -1.07. The highest BCUT2D eigenvalue weighted by atomic mass is 32.2. The van der Waals surface area contributed by atoms with Gasteiger partial charge in [0.15, 0.2) is 5.75 Å². The fraction of sp³-hybridized carbons (Fsp3) is 0.300. The van der Waals surface area contributed by atoms with Crippen molar-refractivity contribution in [3.8, 4) is 16.9 Å². The highest BCUT2D eigenvalue weighted by molar-refractivity contribution is 7.92. The second-order valence-corrected chi connectivity index (χ2v) is 15.9. The minimum absolute atomic E-state index is 0.179. The molecule has 2 heterocycles. The molecule has 0 saturated carbocycles. The molecule has 0 aliphatic carbocycles. The van der Waals surface area contributed by atoms with Gasteiger partial charge in [0.2, 0.25) is 10.0 Å². The van der Waals surface area contributed by atoms with Crippen molar-refractivity contribution in [1.82, 2.24) is 9.88 Å². The summed E-state index contributed by atoms with van der Waals surface area (Å²) in [6.07, 6.45) is 1.89. The number of pyridine rings is 1. The number of benzene rings is 4. The number of hydrogen-bond acceptors (Lipinski definition) is 7. The van der Waals surface area contributed by atoms with E-state index < -0.39 is 27.3 Å². The van der Waals surface area contributed by atoms with Gasteiger partial charge < -0.3 is 20.1 Å². The van der Waals surface area contributed by atoms with Gasteiger partial charge >= 0.3 is 6.03 Å². The van der Waals surface area contributed by atoms with Crippen molar-refractivity contribution < 1.29 is 27.1 Å². The number of carbonyl (C=O) groups excluding carboxylic acids is 1. The number of sulfonamides is 1. The average molecular weight is 726 g/mol. The van der Waals surface area contributed by atoms with Crippen LogP contribution >= 0.6 is 0 Å². The van der Waals surface area contributed by atoms with E-state index >= 15 is 0 Å². The van der Waals surface area contributed by atoms with E-state index in [1.807, 2.05) is 63.4 Å². The number of aromatic nitrogens is 1. The smallest absolute Gasteiger partial charge is 0.323 e. The average Bonchev–Trinajstić information content (AvgIpc) is 3.12. The molecule has 1 aromatic heterocycles. The fourth-order valence-electron chi connectivity index (χ4n) is 6.23. The van der Waals surface area contributed by atoms with Crippen molar-refractivity contribution in [3.63, 3.8) is 0 Å². The van der Waals surface area contributed by atoms with Crippen molar-refractivity contribution in [2.24, 2.45) is 0 Å². The van der Waals surface area contributed by atoms with E-state index in [2.05, 4.69) is 27.7 Å². The molecule has 12 heteroatoms.